The lowest BCUT2D eigenvalue weighted by Gasteiger charge is -2.25. The number of hydrogen-bond donors (Lipinski definition) is 1. The molecule has 0 spiro atoms. The lowest BCUT2D eigenvalue weighted by molar-refractivity contribution is 0.0341. The number of anilines is 1. The van der Waals surface area contributed by atoms with Gasteiger partial charge >= 0.3 is 0 Å². The van der Waals surface area contributed by atoms with E-state index in [2.05, 4.69) is 20.2 Å². The fourth-order valence-corrected chi connectivity index (χ4v) is 4.59. The van der Waals surface area contributed by atoms with Gasteiger partial charge in [-0.05, 0) is 18.2 Å². The van der Waals surface area contributed by atoms with E-state index in [1.165, 1.54) is 22.7 Å². The second-order valence-electron chi connectivity index (χ2n) is 6.57. The number of carbonyl (C=O) groups is 1. The van der Waals surface area contributed by atoms with Gasteiger partial charge in [-0.2, -0.15) is 0 Å². The van der Waals surface area contributed by atoms with Crippen molar-refractivity contribution in [3.63, 3.8) is 0 Å². The van der Waals surface area contributed by atoms with Gasteiger partial charge in [0.15, 0.2) is 5.13 Å². The summed E-state index contributed by atoms with van der Waals surface area (Å²) in [5.74, 6) is 1.13. The number of amides is 1. The second kappa shape index (κ2) is 9.52. The van der Waals surface area contributed by atoms with Crippen molar-refractivity contribution in [2.75, 3.05) is 45.8 Å². The Morgan fingerprint density at radius 2 is 2.00 bits per heavy atom. The molecule has 0 atom stereocenters. The predicted octanol–water partition coefficient (Wildman–Crippen LogP) is 3.37. The summed E-state index contributed by atoms with van der Waals surface area (Å²) in [7, 11) is 3.22. The molecule has 1 aliphatic heterocycles. The Morgan fingerprint density at radius 3 is 2.77 bits per heavy atom. The van der Waals surface area contributed by atoms with Crippen LogP contribution in [0, 0.1) is 0 Å². The standard InChI is InChI=1S/C20H22N4O4S2/c1-26-13-3-4-17(27-2)14(9-13)15-11-30-20(22-15)23-19(25)16-12-29-18(21-16)10-24-5-7-28-8-6-24/h3-4,9,11-12H,5-8,10H2,1-2H3,(H,22,23,25). The fraction of sp³-hybridized carbons (Fsp3) is 0.350. The summed E-state index contributed by atoms with van der Waals surface area (Å²) < 4.78 is 16.1. The van der Waals surface area contributed by atoms with Crippen LogP contribution in [0.5, 0.6) is 11.5 Å². The van der Waals surface area contributed by atoms with Gasteiger partial charge in [0.25, 0.3) is 5.91 Å². The van der Waals surface area contributed by atoms with Crippen molar-refractivity contribution in [2.45, 2.75) is 6.54 Å². The number of rotatable bonds is 7. The smallest absolute Gasteiger partial charge is 0.276 e. The summed E-state index contributed by atoms with van der Waals surface area (Å²) >= 11 is 2.84. The van der Waals surface area contributed by atoms with Gasteiger partial charge in [0.1, 0.15) is 22.2 Å². The molecule has 1 fully saturated rings. The van der Waals surface area contributed by atoms with Crippen LogP contribution in [0.25, 0.3) is 11.3 Å². The average Bonchev–Trinajstić information content (AvgIpc) is 3.44. The molecule has 1 amide bonds. The largest absolute Gasteiger partial charge is 0.497 e. The zero-order valence-electron chi connectivity index (χ0n) is 16.7. The van der Waals surface area contributed by atoms with Crippen molar-refractivity contribution >= 4 is 33.7 Å². The number of morpholine rings is 1. The summed E-state index contributed by atoms with van der Waals surface area (Å²) in [6.45, 7) is 3.98. The summed E-state index contributed by atoms with van der Waals surface area (Å²) in [5.41, 5.74) is 1.91. The highest BCUT2D eigenvalue weighted by molar-refractivity contribution is 7.14. The number of benzene rings is 1. The molecule has 1 saturated heterocycles. The van der Waals surface area contributed by atoms with Crippen molar-refractivity contribution in [3.8, 4) is 22.8 Å². The summed E-state index contributed by atoms with van der Waals surface area (Å²) in [4.78, 5) is 23.9. The Kier molecular flexibility index (Phi) is 6.58. The van der Waals surface area contributed by atoms with Crippen molar-refractivity contribution in [2.24, 2.45) is 0 Å². The van der Waals surface area contributed by atoms with Crippen LogP contribution in [0.15, 0.2) is 29.0 Å². The Hall–Kier alpha value is -2.53. The molecule has 4 rings (SSSR count). The van der Waals surface area contributed by atoms with E-state index >= 15 is 0 Å². The minimum atomic E-state index is -0.266. The quantitative estimate of drug-likeness (QED) is 0.595. The topological polar surface area (TPSA) is 85.8 Å². The molecule has 3 heterocycles. The molecule has 2 aromatic heterocycles. The number of ether oxygens (including phenoxy) is 3. The number of aromatic nitrogens is 2. The van der Waals surface area contributed by atoms with E-state index < -0.39 is 0 Å². The van der Waals surface area contributed by atoms with E-state index in [0.717, 1.165) is 43.4 Å². The second-order valence-corrected chi connectivity index (χ2v) is 8.37. The molecule has 1 N–H and O–H groups in total. The average molecular weight is 447 g/mol. The summed E-state index contributed by atoms with van der Waals surface area (Å²) in [5, 5.41) is 7.92. The number of nitrogens with one attached hydrogen (secondary N) is 1. The van der Waals surface area contributed by atoms with Gasteiger partial charge in [-0.3, -0.25) is 15.0 Å². The van der Waals surface area contributed by atoms with E-state index in [-0.39, 0.29) is 5.91 Å². The van der Waals surface area contributed by atoms with Crippen LogP contribution < -0.4 is 14.8 Å². The number of methoxy groups -OCH3 is 2. The maximum atomic E-state index is 12.6. The first-order valence-corrected chi connectivity index (χ1v) is 11.2. The number of hydrogen-bond acceptors (Lipinski definition) is 9. The molecule has 0 radical (unpaired) electrons. The molecular weight excluding hydrogens is 424 g/mol. The van der Waals surface area contributed by atoms with Gasteiger partial charge in [-0.25, -0.2) is 9.97 Å². The number of thiazole rings is 2. The van der Waals surface area contributed by atoms with Crippen molar-refractivity contribution in [1.82, 2.24) is 14.9 Å². The number of nitrogens with zero attached hydrogens (tertiary/aromatic N) is 3. The van der Waals surface area contributed by atoms with E-state index in [0.29, 0.717) is 28.0 Å². The fourth-order valence-electron chi connectivity index (χ4n) is 3.07. The molecule has 30 heavy (non-hydrogen) atoms. The molecule has 0 aliphatic carbocycles. The Balaban J connectivity index is 1.43. The lowest BCUT2D eigenvalue weighted by Crippen LogP contribution is -2.35. The van der Waals surface area contributed by atoms with Crippen LogP contribution in [-0.4, -0.2) is 61.3 Å². The van der Waals surface area contributed by atoms with Crippen molar-refractivity contribution < 1.29 is 19.0 Å². The molecule has 8 nitrogen and oxygen atoms in total. The van der Waals surface area contributed by atoms with Crippen LogP contribution in [0.2, 0.25) is 0 Å². The van der Waals surface area contributed by atoms with Crippen LogP contribution >= 0.6 is 22.7 Å². The zero-order chi connectivity index (χ0) is 20.9. The highest BCUT2D eigenvalue weighted by atomic mass is 32.1. The van der Waals surface area contributed by atoms with Gasteiger partial charge in [0.05, 0.1) is 39.7 Å². The van der Waals surface area contributed by atoms with E-state index in [4.69, 9.17) is 14.2 Å². The first-order chi connectivity index (χ1) is 14.7. The first-order valence-electron chi connectivity index (χ1n) is 9.40. The molecule has 158 valence electrons. The molecular formula is C20H22N4O4S2. The van der Waals surface area contributed by atoms with Gasteiger partial charge in [-0.15, -0.1) is 22.7 Å². The van der Waals surface area contributed by atoms with E-state index in [1.54, 1.807) is 19.6 Å². The number of carbonyl (C=O) groups excluding carboxylic acids is 1. The highest BCUT2D eigenvalue weighted by Gasteiger charge is 2.17. The molecule has 0 bridgehead atoms. The summed E-state index contributed by atoms with van der Waals surface area (Å²) in [6.07, 6.45) is 0. The van der Waals surface area contributed by atoms with Crippen molar-refractivity contribution in [1.29, 1.82) is 0 Å². The molecule has 3 aromatic rings. The summed E-state index contributed by atoms with van der Waals surface area (Å²) in [6, 6.07) is 5.52. The normalized spacial score (nSPS) is 14.5. The molecule has 1 aliphatic rings. The minimum Gasteiger partial charge on any atom is -0.497 e. The lowest BCUT2D eigenvalue weighted by atomic mass is 10.1. The molecule has 1 aromatic carbocycles. The maximum absolute atomic E-state index is 12.6. The van der Waals surface area contributed by atoms with Crippen molar-refractivity contribution in [3.05, 3.63) is 39.7 Å². The predicted molar refractivity (Wildman–Crippen MR) is 117 cm³/mol. The Bertz CT molecular complexity index is 1010. The molecule has 10 heteroatoms. The SMILES string of the molecule is COc1ccc(OC)c(-c2csc(NC(=O)c3csc(CN4CCOCC4)n3)n2)c1. The minimum absolute atomic E-state index is 0.266. The van der Waals surface area contributed by atoms with Crippen LogP contribution in [0.4, 0.5) is 5.13 Å². The Morgan fingerprint density at radius 1 is 1.17 bits per heavy atom. The third kappa shape index (κ3) is 4.78. The van der Waals surface area contributed by atoms with Gasteiger partial charge in [-0.1, -0.05) is 0 Å². The third-order valence-corrected chi connectivity index (χ3v) is 6.25. The maximum Gasteiger partial charge on any atom is 0.276 e. The van der Waals surface area contributed by atoms with Crippen LogP contribution in [-0.2, 0) is 11.3 Å². The van der Waals surface area contributed by atoms with Gasteiger partial charge < -0.3 is 14.2 Å². The van der Waals surface area contributed by atoms with E-state index in [9.17, 15) is 4.79 Å². The van der Waals surface area contributed by atoms with E-state index in [1.807, 2.05) is 23.6 Å². The van der Waals surface area contributed by atoms with Crippen LogP contribution in [0.3, 0.4) is 0 Å². The van der Waals surface area contributed by atoms with Gasteiger partial charge in [0, 0.05) is 29.4 Å². The monoisotopic (exact) mass is 446 g/mol. The first kappa shape index (κ1) is 20.7. The third-order valence-electron chi connectivity index (χ3n) is 4.65. The zero-order valence-corrected chi connectivity index (χ0v) is 18.3. The van der Waals surface area contributed by atoms with Gasteiger partial charge in [0.2, 0.25) is 0 Å². The van der Waals surface area contributed by atoms with Crippen LogP contribution in [0.1, 0.15) is 15.5 Å². The Labute approximate surface area is 182 Å². The highest BCUT2D eigenvalue weighted by Crippen LogP contribution is 2.35. The molecule has 0 unspecified atom stereocenters. The molecule has 0 saturated carbocycles.